The maximum absolute atomic E-state index is 12.0. The van der Waals surface area contributed by atoms with E-state index >= 15 is 0 Å². The number of benzene rings is 1. The summed E-state index contributed by atoms with van der Waals surface area (Å²) in [6.07, 6.45) is -1.79. The Morgan fingerprint density at radius 2 is 1.88 bits per heavy atom. The first-order valence-electron chi connectivity index (χ1n) is 5.01. The van der Waals surface area contributed by atoms with E-state index in [4.69, 9.17) is 10.8 Å². The highest BCUT2D eigenvalue weighted by Gasteiger charge is 2.06. The molecule has 0 bridgehead atoms. The maximum Gasteiger partial charge on any atom is 0.247 e. The highest BCUT2D eigenvalue weighted by molar-refractivity contribution is 7.99. The third-order valence-electron chi connectivity index (χ3n) is 2.12. The lowest BCUT2D eigenvalue weighted by atomic mass is 10.1. The minimum atomic E-state index is -2.29. The summed E-state index contributed by atoms with van der Waals surface area (Å²) in [7, 11) is 0. The second kappa shape index (κ2) is 6.83. The molecule has 0 saturated carbocycles. The molecular weight excluding hydrogens is 232 g/mol. The van der Waals surface area contributed by atoms with Gasteiger partial charge in [-0.2, -0.15) is 0 Å². The van der Waals surface area contributed by atoms with E-state index in [9.17, 15) is 8.78 Å². The highest BCUT2D eigenvalue weighted by Crippen LogP contribution is 2.22. The van der Waals surface area contributed by atoms with Crippen LogP contribution in [0.1, 0.15) is 18.0 Å². The molecule has 0 aromatic heterocycles. The Labute approximate surface area is 97.8 Å². The van der Waals surface area contributed by atoms with E-state index in [0.29, 0.717) is 6.42 Å². The number of alkyl halides is 2. The molecule has 0 heterocycles. The van der Waals surface area contributed by atoms with Crippen LogP contribution < -0.4 is 5.73 Å². The number of rotatable bonds is 6. The van der Waals surface area contributed by atoms with Gasteiger partial charge in [0.2, 0.25) is 6.43 Å². The van der Waals surface area contributed by atoms with Crippen LogP contribution in [0.3, 0.4) is 0 Å². The summed E-state index contributed by atoms with van der Waals surface area (Å²) < 4.78 is 23.9. The van der Waals surface area contributed by atoms with Crippen LogP contribution in [0.2, 0.25) is 0 Å². The number of aliphatic hydroxyl groups excluding tert-OH is 1. The molecule has 1 aromatic rings. The average Bonchev–Trinajstić information content (AvgIpc) is 2.27. The second-order valence-corrected chi connectivity index (χ2v) is 4.48. The SMILES string of the molecule is NC(CCO)c1ccc(SCC(F)F)cc1. The lowest BCUT2D eigenvalue weighted by Gasteiger charge is -2.10. The second-order valence-electron chi connectivity index (χ2n) is 3.39. The van der Waals surface area contributed by atoms with Crippen LogP contribution in [0.25, 0.3) is 0 Å². The van der Waals surface area contributed by atoms with Crippen molar-refractivity contribution in [1.29, 1.82) is 0 Å². The molecule has 1 rings (SSSR count). The molecule has 1 atom stereocenters. The van der Waals surface area contributed by atoms with Crippen LogP contribution in [0, 0.1) is 0 Å². The molecule has 1 aromatic carbocycles. The van der Waals surface area contributed by atoms with Gasteiger partial charge in [-0.3, -0.25) is 0 Å². The van der Waals surface area contributed by atoms with Crippen molar-refractivity contribution in [3.8, 4) is 0 Å². The summed E-state index contributed by atoms with van der Waals surface area (Å²) in [6.45, 7) is 0.0447. The summed E-state index contributed by atoms with van der Waals surface area (Å²) in [4.78, 5) is 0.806. The Morgan fingerprint density at radius 3 is 2.38 bits per heavy atom. The van der Waals surface area contributed by atoms with Crippen molar-refractivity contribution in [2.24, 2.45) is 5.73 Å². The van der Waals surface area contributed by atoms with Crippen LogP contribution in [-0.2, 0) is 0 Å². The minimum Gasteiger partial charge on any atom is -0.396 e. The molecule has 5 heteroatoms. The standard InChI is InChI=1S/C11H15F2NOS/c12-11(13)7-16-9-3-1-8(2-4-9)10(14)5-6-15/h1-4,10-11,15H,5-7,14H2. The van der Waals surface area contributed by atoms with Gasteiger partial charge in [-0.15, -0.1) is 11.8 Å². The number of aliphatic hydroxyl groups is 1. The van der Waals surface area contributed by atoms with Gasteiger partial charge in [0.1, 0.15) is 0 Å². The van der Waals surface area contributed by atoms with Crippen molar-refractivity contribution in [3.63, 3.8) is 0 Å². The Balaban J connectivity index is 2.53. The molecule has 16 heavy (non-hydrogen) atoms. The van der Waals surface area contributed by atoms with E-state index in [-0.39, 0.29) is 18.4 Å². The van der Waals surface area contributed by atoms with Crippen molar-refractivity contribution in [3.05, 3.63) is 29.8 Å². The van der Waals surface area contributed by atoms with Crippen molar-refractivity contribution in [1.82, 2.24) is 0 Å². The zero-order valence-electron chi connectivity index (χ0n) is 8.77. The summed E-state index contributed by atoms with van der Waals surface area (Å²) in [5.74, 6) is -0.192. The van der Waals surface area contributed by atoms with Crippen molar-refractivity contribution in [2.45, 2.75) is 23.8 Å². The van der Waals surface area contributed by atoms with Gasteiger partial charge >= 0.3 is 0 Å². The number of hydrogen-bond acceptors (Lipinski definition) is 3. The average molecular weight is 247 g/mol. The van der Waals surface area contributed by atoms with Gasteiger partial charge in [0.05, 0.1) is 5.75 Å². The zero-order valence-corrected chi connectivity index (χ0v) is 9.59. The molecule has 3 N–H and O–H groups in total. The zero-order chi connectivity index (χ0) is 12.0. The Kier molecular flexibility index (Phi) is 5.73. The molecule has 1 unspecified atom stereocenters. The monoisotopic (exact) mass is 247 g/mol. The highest BCUT2D eigenvalue weighted by atomic mass is 32.2. The third kappa shape index (κ3) is 4.47. The van der Waals surface area contributed by atoms with Gasteiger partial charge in [-0.1, -0.05) is 12.1 Å². The summed E-state index contributed by atoms with van der Waals surface area (Å²) in [6, 6.07) is 6.99. The fraction of sp³-hybridized carbons (Fsp3) is 0.455. The molecule has 0 fully saturated rings. The van der Waals surface area contributed by atoms with Crippen LogP contribution in [0.4, 0.5) is 8.78 Å². The van der Waals surface area contributed by atoms with E-state index < -0.39 is 6.43 Å². The largest absolute Gasteiger partial charge is 0.396 e. The Bertz CT molecular complexity index is 305. The lowest BCUT2D eigenvalue weighted by molar-refractivity contribution is 0.177. The molecule has 0 saturated heterocycles. The van der Waals surface area contributed by atoms with E-state index in [1.807, 2.05) is 12.1 Å². The van der Waals surface area contributed by atoms with Crippen molar-refractivity contribution in [2.75, 3.05) is 12.4 Å². The van der Waals surface area contributed by atoms with Crippen LogP contribution in [0.5, 0.6) is 0 Å². The Hall–Kier alpha value is -0.650. The van der Waals surface area contributed by atoms with Gasteiger partial charge in [-0.05, 0) is 24.1 Å². The first-order chi connectivity index (χ1) is 7.63. The van der Waals surface area contributed by atoms with Gasteiger partial charge < -0.3 is 10.8 Å². The quantitative estimate of drug-likeness (QED) is 0.759. The van der Waals surface area contributed by atoms with E-state index in [1.165, 1.54) is 0 Å². The summed E-state index contributed by atoms with van der Waals surface area (Å²) >= 11 is 1.12. The molecule has 0 amide bonds. The molecular formula is C11H15F2NOS. The molecule has 0 spiro atoms. The molecule has 0 radical (unpaired) electrons. The van der Waals surface area contributed by atoms with E-state index in [2.05, 4.69) is 0 Å². The smallest absolute Gasteiger partial charge is 0.247 e. The van der Waals surface area contributed by atoms with Crippen LogP contribution >= 0.6 is 11.8 Å². The fourth-order valence-corrected chi connectivity index (χ4v) is 1.92. The summed E-state index contributed by atoms with van der Waals surface area (Å²) in [5.41, 5.74) is 6.70. The normalized spacial score (nSPS) is 13.1. The van der Waals surface area contributed by atoms with Gasteiger partial charge in [0.25, 0.3) is 0 Å². The third-order valence-corrected chi connectivity index (χ3v) is 3.15. The number of nitrogens with two attached hydrogens (primary N) is 1. The van der Waals surface area contributed by atoms with Crippen molar-refractivity contribution >= 4 is 11.8 Å². The Morgan fingerprint density at radius 1 is 1.25 bits per heavy atom. The molecule has 0 aliphatic carbocycles. The molecule has 0 aliphatic heterocycles. The summed E-state index contributed by atoms with van der Waals surface area (Å²) in [5, 5.41) is 8.73. The van der Waals surface area contributed by atoms with Crippen molar-refractivity contribution < 1.29 is 13.9 Å². The van der Waals surface area contributed by atoms with Crippen LogP contribution in [-0.4, -0.2) is 23.9 Å². The fourth-order valence-electron chi connectivity index (χ4n) is 1.28. The molecule has 2 nitrogen and oxygen atoms in total. The number of thioether (sulfide) groups is 1. The maximum atomic E-state index is 12.0. The number of hydrogen-bond donors (Lipinski definition) is 2. The topological polar surface area (TPSA) is 46.2 Å². The van der Waals surface area contributed by atoms with Gasteiger partial charge in [-0.25, -0.2) is 8.78 Å². The molecule has 90 valence electrons. The molecule has 0 aliphatic rings. The predicted molar refractivity (Wildman–Crippen MR) is 61.8 cm³/mol. The predicted octanol–water partition coefficient (Wildman–Crippen LogP) is 2.43. The lowest BCUT2D eigenvalue weighted by Crippen LogP contribution is -2.11. The first kappa shape index (κ1) is 13.4. The van der Waals surface area contributed by atoms with Gasteiger partial charge in [0.15, 0.2) is 0 Å². The van der Waals surface area contributed by atoms with Crippen LogP contribution in [0.15, 0.2) is 29.2 Å². The first-order valence-corrected chi connectivity index (χ1v) is 5.99. The van der Waals surface area contributed by atoms with Gasteiger partial charge in [0, 0.05) is 17.5 Å². The number of halogens is 2. The minimum absolute atomic E-state index is 0.0447. The van der Waals surface area contributed by atoms with E-state index in [0.717, 1.165) is 22.2 Å². The van der Waals surface area contributed by atoms with E-state index in [1.54, 1.807) is 12.1 Å².